The highest BCUT2D eigenvalue weighted by molar-refractivity contribution is 7.20. The molecular weight excluding hydrogens is 290 g/mol. The number of nitrogens with zero attached hydrogens (tertiary/aromatic N) is 2. The van der Waals surface area contributed by atoms with E-state index in [0.29, 0.717) is 27.2 Å². The Morgan fingerprint density at radius 1 is 1.62 bits per heavy atom. The molecule has 3 rings (SSSR count). The molecule has 2 aromatic rings. The summed E-state index contributed by atoms with van der Waals surface area (Å²) in [7, 11) is 1.66. The van der Waals surface area contributed by atoms with Gasteiger partial charge in [-0.2, -0.15) is 0 Å². The van der Waals surface area contributed by atoms with E-state index in [0.717, 1.165) is 19.4 Å². The monoisotopic (exact) mass is 307 g/mol. The third-order valence-corrected chi connectivity index (χ3v) is 4.93. The van der Waals surface area contributed by atoms with Gasteiger partial charge in [-0.05, 0) is 25.3 Å². The van der Waals surface area contributed by atoms with Crippen molar-refractivity contribution in [2.75, 3.05) is 13.2 Å². The van der Waals surface area contributed by atoms with Crippen LogP contribution in [0, 0.1) is 6.92 Å². The first-order chi connectivity index (χ1) is 10.1. The minimum atomic E-state index is -0.159. The number of aryl methyl sites for hydroxylation is 2. The van der Waals surface area contributed by atoms with E-state index in [1.807, 2.05) is 0 Å². The Labute approximate surface area is 125 Å². The summed E-state index contributed by atoms with van der Waals surface area (Å²) in [6.45, 7) is 3.07. The van der Waals surface area contributed by atoms with Crippen molar-refractivity contribution in [1.29, 1.82) is 0 Å². The molecule has 0 radical (unpaired) electrons. The summed E-state index contributed by atoms with van der Waals surface area (Å²) in [6, 6.07) is 0. The Bertz CT molecular complexity index is 744. The SMILES string of the molecule is Cc1c(C(=O)NCC2CCCO2)sc2ncn(C)c(=O)c12. The maximum absolute atomic E-state index is 12.3. The average Bonchev–Trinajstić information content (AvgIpc) is 3.09. The fourth-order valence-electron chi connectivity index (χ4n) is 2.52. The quantitative estimate of drug-likeness (QED) is 0.925. The van der Waals surface area contributed by atoms with Crippen LogP contribution in [0.25, 0.3) is 10.2 Å². The number of hydrogen-bond acceptors (Lipinski definition) is 5. The molecule has 0 spiro atoms. The molecule has 3 heterocycles. The maximum atomic E-state index is 12.3. The Morgan fingerprint density at radius 3 is 3.14 bits per heavy atom. The standard InChI is InChI=1S/C14H17N3O3S/c1-8-10-13(16-7-17(2)14(10)19)21-11(8)12(18)15-6-9-4-3-5-20-9/h7,9H,3-6H2,1-2H3,(H,15,18). The fraction of sp³-hybridized carbons (Fsp3) is 0.500. The lowest BCUT2D eigenvalue weighted by molar-refractivity contribution is 0.0860. The molecule has 2 aromatic heterocycles. The summed E-state index contributed by atoms with van der Waals surface area (Å²) in [5, 5.41) is 3.42. The van der Waals surface area contributed by atoms with E-state index in [4.69, 9.17) is 4.74 Å². The molecule has 1 N–H and O–H groups in total. The van der Waals surface area contributed by atoms with Crippen molar-refractivity contribution in [2.24, 2.45) is 7.05 Å². The molecule has 1 saturated heterocycles. The third kappa shape index (κ3) is 2.58. The minimum absolute atomic E-state index is 0.106. The van der Waals surface area contributed by atoms with Gasteiger partial charge in [-0.1, -0.05) is 0 Å². The fourth-order valence-corrected chi connectivity index (χ4v) is 3.57. The second kappa shape index (κ2) is 5.57. The molecular formula is C14H17N3O3S. The minimum Gasteiger partial charge on any atom is -0.376 e. The number of amides is 1. The molecule has 112 valence electrons. The van der Waals surface area contributed by atoms with Gasteiger partial charge in [0.1, 0.15) is 4.83 Å². The van der Waals surface area contributed by atoms with E-state index < -0.39 is 0 Å². The van der Waals surface area contributed by atoms with Gasteiger partial charge in [0, 0.05) is 20.2 Å². The van der Waals surface area contributed by atoms with E-state index in [1.54, 1.807) is 14.0 Å². The van der Waals surface area contributed by atoms with E-state index in [1.165, 1.54) is 22.2 Å². The number of rotatable bonds is 3. The van der Waals surface area contributed by atoms with Crippen molar-refractivity contribution in [3.05, 3.63) is 27.1 Å². The Morgan fingerprint density at radius 2 is 2.43 bits per heavy atom. The summed E-state index contributed by atoms with van der Waals surface area (Å²) in [4.78, 5) is 29.8. The lowest BCUT2D eigenvalue weighted by Gasteiger charge is -2.10. The highest BCUT2D eigenvalue weighted by Crippen LogP contribution is 2.26. The molecule has 1 unspecified atom stereocenters. The van der Waals surface area contributed by atoms with Gasteiger partial charge >= 0.3 is 0 Å². The summed E-state index contributed by atoms with van der Waals surface area (Å²) >= 11 is 1.26. The molecule has 0 aromatic carbocycles. The molecule has 0 aliphatic carbocycles. The predicted octanol–water partition coefficient (Wildman–Crippen LogP) is 1.21. The highest BCUT2D eigenvalue weighted by Gasteiger charge is 2.21. The Hall–Kier alpha value is -1.73. The van der Waals surface area contributed by atoms with E-state index >= 15 is 0 Å². The summed E-state index contributed by atoms with van der Waals surface area (Å²) in [5.74, 6) is -0.159. The molecule has 7 heteroatoms. The van der Waals surface area contributed by atoms with E-state index in [-0.39, 0.29) is 17.6 Å². The largest absolute Gasteiger partial charge is 0.376 e. The van der Waals surface area contributed by atoms with Gasteiger partial charge in [0.15, 0.2) is 0 Å². The van der Waals surface area contributed by atoms with Crippen molar-refractivity contribution in [1.82, 2.24) is 14.9 Å². The molecule has 21 heavy (non-hydrogen) atoms. The van der Waals surface area contributed by atoms with Gasteiger partial charge in [0.2, 0.25) is 0 Å². The van der Waals surface area contributed by atoms with Crippen molar-refractivity contribution >= 4 is 27.5 Å². The normalized spacial score (nSPS) is 18.3. The van der Waals surface area contributed by atoms with E-state index in [2.05, 4.69) is 10.3 Å². The average molecular weight is 307 g/mol. The first-order valence-electron chi connectivity index (χ1n) is 6.92. The van der Waals surface area contributed by atoms with Gasteiger partial charge in [0.05, 0.1) is 22.7 Å². The number of ether oxygens (including phenoxy) is 1. The number of fused-ring (bicyclic) bond motifs is 1. The molecule has 1 amide bonds. The van der Waals surface area contributed by atoms with Gasteiger partial charge in [-0.15, -0.1) is 11.3 Å². The Balaban J connectivity index is 1.86. The molecule has 1 atom stereocenters. The molecule has 1 aliphatic heterocycles. The van der Waals surface area contributed by atoms with Crippen molar-refractivity contribution in [3.8, 4) is 0 Å². The van der Waals surface area contributed by atoms with Crippen LogP contribution in [0.5, 0.6) is 0 Å². The van der Waals surface area contributed by atoms with Crippen LogP contribution in [0.1, 0.15) is 28.1 Å². The van der Waals surface area contributed by atoms with Crippen LogP contribution in [-0.2, 0) is 11.8 Å². The second-order valence-electron chi connectivity index (χ2n) is 5.24. The van der Waals surface area contributed by atoms with Crippen LogP contribution in [0.2, 0.25) is 0 Å². The van der Waals surface area contributed by atoms with Crippen molar-refractivity contribution < 1.29 is 9.53 Å². The number of hydrogen-bond donors (Lipinski definition) is 1. The van der Waals surface area contributed by atoms with Crippen LogP contribution >= 0.6 is 11.3 Å². The summed E-state index contributed by atoms with van der Waals surface area (Å²) in [6.07, 6.45) is 3.61. The van der Waals surface area contributed by atoms with Crippen LogP contribution in [0.4, 0.5) is 0 Å². The molecule has 1 fully saturated rings. The van der Waals surface area contributed by atoms with Crippen LogP contribution in [0.3, 0.4) is 0 Å². The zero-order chi connectivity index (χ0) is 15.0. The van der Waals surface area contributed by atoms with Gasteiger partial charge in [-0.25, -0.2) is 4.98 Å². The topological polar surface area (TPSA) is 73.2 Å². The first kappa shape index (κ1) is 14.2. The molecule has 0 bridgehead atoms. The third-order valence-electron chi connectivity index (χ3n) is 3.73. The van der Waals surface area contributed by atoms with Crippen LogP contribution < -0.4 is 10.9 Å². The Kier molecular flexibility index (Phi) is 3.77. The van der Waals surface area contributed by atoms with Gasteiger partial charge in [-0.3, -0.25) is 9.59 Å². The van der Waals surface area contributed by atoms with Crippen LogP contribution in [-0.4, -0.2) is 34.7 Å². The predicted molar refractivity (Wildman–Crippen MR) is 80.9 cm³/mol. The first-order valence-corrected chi connectivity index (χ1v) is 7.74. The zero-order valence-electron chi connectivity index (χ0n) is 12.0. The van der Waals surface area contributed by atoms with Gasteiger partial charge in [0.25, 0.3) is 11.5 Å². The number of aromatic nitrogens is 2. The summed E-state index contributed by atoms with van der Waals surface area (Å²) in [5.41, 5.74) is 0.584. The number of carbonyl (C=O) groups is 1. The lowest BCUT2D eigenvalue weighted by Crippen LogP contribution is -2.31. The molecule has 6 nitrogen and oxygen atoms in total. The maximum Gasteiger partial charge on any atom is 0.262 e. The lowest BCUT2D eigenvalue weighted by atomic mass is 10.2. The van der Waals surface area contributed by atoms with Gasteiger partial charge < -0.3 is 14.6 Å². The number of carbonyl (C=O) groups excluding carboxylic acids is 1. The summed E-state index contributed by atoms with van der Waals surface area (Å²) < 4.78 is 6.91. The molecule has 0 saturated carbocycles. The highest BCUT2D eigenvalue weighted by atomic mass is 32.1. The number of nitrogens with one attached hydrogen (secondary N) is 1. The van der Waals surface area contributed by atoms with Crippen molar-refractivity contribution in [3.63, 3.8) is 0 Å². The van der Waals surface area contributed by atoms with Crippen molar-refractivity contribution in [2.45, 2.75) is 25.9 Å². The number of thiophene rings is 1. The van der Waals surface area contributed by atoms with Crippen LogP contribution in [0.15, 0.2) is 11.1 Å². The zero-order valence-corrected chi connectivity index (χ0v) is 12.8. The molecule has 1 aliphatic rings. The second-order valence-corrected chi connectivity index (χ2v) is 6.24. The smallest absolute Gasteiger partial charge is 0.262 e. The van der Waals surface area contributed by atoms with E-state index in [9.17, 15) is 9.59 Å².